The highest BCUT2D eigenvalue weighted by molar-refractivity contribution is 5.97. The van der Waals surface area contributed by atoms with Crippen LogP contribution in [-0.4, -0.2) is 46.7 Å². The summed E-state index contributed by atoms with van der Waals surface area (Å²) in [5.74, 6) is -0.603. The summed E-state index contributed by atoms with van der Waals surface area (Å²) in [7, 11) is 0. The van der Waals surface area contributed by atoms with Gasteiger partial charge in [-0.15, -0.1) is 0 Å². The smallest absolute Gasteiger partial charge is 0.270 e. The molecule has 0 radical (unpaired) electrons. The van der Waals surface area contributed by atoms with Crippen molar-refractivity contribution in [2.45, 2.75) is 6.54 Å². The number of carbonyl (C=O) groups is 1. The van der Waals surface area contributed by atoms with E-state index in [1.54, 1.807) is 22.8 Å². The maximum atomic E-state index is 13.0. The van der Waals surface area contributed by atoms with Gasteiger partial charge in [-0.25, -0.2) is 0 Å². The van der Waals surface area contributed by atoms with E-state index in [0.29, 0.717) is 24.2 Å². The number of nitro groups is 1. The van der Waals surface area contributed by atoms with E-state index in [1.807, 2.05) is 6.07 Å². The van der Waals surface area contributed by atoms with Crippen molar-refractivity contribution in [1.82, 2.24) is 15.2 Å². The van der Waals surface area contributed by atoms with Crippen molar-refractivity contribution in [1.29, 1.82) is 5.26 Å². The summed E-state index contributed by atoms with van der Waals surface area (Å²) in [5.41, 5.74) is 0.675. The van der Waals surface area contributed by atoms with Crippen molar-refractivity contribution in [3.05, 3.63) is 85.7 Å². The van der Waals surface area contributed by atoms with Crippen LogP contribution >= 0.6 is 0 Å². The molecule has 0 atom stereocenters. The average molecular weight is 435 g/mol. The van der Waals surface area contributed by atoms with Gasteiger partial charge in [0.25, 0.3) is 11.6 Å². The fraction of sp³-hybridized carbons (Fsp3) is 0.227. The zero-order chi connectivity index (χ0) is 23.1. The standard InChI is InChI=1S/C22H21N5O5/c23-12-15-2-1-3-16(10-15)13-26-14-19(22(30)25-7-6-24-8-9-28)21(29)18-11-17(27(31)32)4-5-20(18)26/h1-5,10-11,14,24,28H,6-9,13H2,(H,25,30). The molecule has 0 aliphatic heterocycles. The van der Waals surface area contributed by atoms with Gasteiger partial charge in [0.2, 0.25) is 5.43 Å². The fourth-order valence-corrected chi connectivity index (χ4v) is 3.29. The van der Waals surface area contributed by atoms with Crippen molar-refractivity contribution in [2.75, 3.05) is 26.2 Å². The number of hydrogen-bond donors (Lipinski definition) is 3. The van der Waals surface area contributed by atoms with Gasteiger partial charge in [-0.05, 0) is 23.8 Å². The Morgan fingerprint density at radius 3 is 2.72 bits per heavy atom. The molecule has 3 N–H and O–H groups in total. The molecule has 0 aliphatic carbocycles. The van der Waals surface area contributed by atoms with Gasteiger partial charge in [0.15, 0.2) is 0 Å². The van der Waals surface area contributed by atoms with Crippen molar-refractivity contribution in [2.24, 2.45) is 0 Å². The number of nitro benzene ring substituents is 1. The normalized spacial score (nSPS) is 10.6. The molecule has 1 amide bonds. The molecule has 0 saturated carbocycles. The molecule has 164 valence electrons. The summed E-state index contributed by atoms with van der Waals surface area (Å²) in [5, 5.41) is 34.7. The summed E-state index contributed by atoms with van der Waals surface area (Å²) in [6.45, 7) is 1.23. The highest BCUT2D eigenvalue weighted by Gasteiger charge is 2.18. The molecule has 0 bridgehead atoms. The van der Waals surface area contributed by atoms with E-state index in [0.717, 1.165) is 5.56 Å². The SMILES string of the molecule is N#Cc1cccc(Cn2cc(C(=O)NCCNCCO)c(=O)c3cc([N+](=O)[O-])ccc32)c1. The van der Waals surface area contributed by atoms with Gasteiger partial charge in [-0.3, -0.25) is 19.7 Å². The molecule has 1 heterocycles. The third-order valence-electron chi connectivity index (χ3n) is 4.80. The Labute approximate surface area is 182 Å². The third kappa shape index (κ3) is 5.15. The number of non-ortho nitro benzene ring substituents is 1. The molecule has 2 aromatic carbocycles. The molecule has 3 aromatic rings. The first-order valence-corrected chi connectivity index (χ1v) is 9.85. The maximum Gasteiger partial charge on any atom is 0.270 e. The number of pyridine rings is 1. The van der Waals surface area contributed by atoms with E-state index in [1.165, 1.54) is 24.4 Å². The van der Waals surface area contributed by atoms with Gasteiger partial charge in [-0.2, -0.15) is 5.26 Å². The molecule has 32 heavy (non-hydrogen) atoms. The van der Waals surface area contributed by atoms with Gasteiger partial charge in [-0.1, -0.05) is 12.1 Å². The van der Waals surface area contributed by atoms with Gasteiger partial charge >= 0.3 is 0 Å². The van der Waals surface area contributed by atoms with Crippen LogP contribution in [-0.2, 0) is 6.54 Å². The van der Waals surface area contributed by atoms with E-state index in [4.69, 9.17) is 10.4 Å². The fourth-order valence-electron chi connectivity index (χ4n) is 3.29. The number of nitrogens with zero attached hydrogens (tertiary/aromatic N) is 3. The molecule has 0 fully saturated rings. The second-order valence-corrected chi connectivity index (χ2v) is 7.00. The predicted molar refractivity (Wildman–Crippen MR) is 117 cm³/mol. The lowest BCUT2D eigenvalue weighted by molar-refractivity contribution is -0.384. The molecule has 10 nitrogen and oxygen atoms in total. The zero-order valence-corrected chi connectivity index (χ0v) is 17.1. The van der Waals surface area contributed by atoms with Crippen LogP contribution in [0, 0.1) is 21.4 Å². The van der Waals surface area contributed by atoms with Crippen LogP contribution in [0.3, 0.4) is 0 Å². The van der Waals surface area contributed by atoms with Crippen LogP contribution in [0.4, 0.5) is 5.69 Å². The summed E-state index contributed by atoms with van der Waals surface area (Å²) < 4.78 is 1.66. The maximum absolute atomic E-state index is 13.0. The zero-order valence-electron chi connectivity index (χ0n) is 17.1. The second-order valence-electron chi connectivity index (χ2n) is 7.00. The van der Waals surface area contributed by atoms with Gasteiger partial charge < -0.3 is 20.3 Å². The van der Waals surface area contributed by atoms with E-state index >= 15 is 0 Å². The number of carbonyl (C=O) groups excluding carboxylic acids is 1. The first-order chi connectivity index (χ1) is 15.4. The van der Waals surface area contributed by atoms with Crippen molar-refractivity contribution < 1.29 is 14.8 Å². The Morgan fingerprint density at radius 1 is 1.19 bits per heavy atom. The van der Waals surface area contributed by atoms with Crippen LogP contribution in [0.25, 0.3) is 10.9 Å². The molecule has 0 saturated heterocycles. The van der Waals surface area contributed by atoms with E-state index < -0.39 is 16.3 Å². The number of aliphatic hydroxyl groups is 1. The number of rotatable bonds is 9. The number of aromatic nitrogens is 1. The van der Waals surface area contributed by atoms with Crippen molar-refractivity contribution >= 4 is 22.5 Å². The highest BCUT2D eigenvalue weighted by Crippen LogP contribution is 2.20. The molecular formula is C22H21N5O5. The van der Waals surface area contributed by atoms with E-state index in [9.17, 15) is 19.7 Å². The monoisotopic (exact) mass is 435 g/mol. The Balaban J connectivity index is 2.03. The number of benzene rings is 2. The summed E-state index contributed by atoms with van der Waals surface area (Å²) >= 11 is 0. The molecule has 0 unspecified atom stereocenters. The van der Waals surface area contributed by atoms with Crippen LogP contribution in [0.2, 0.25) is 0 Å². The summed E-state index contributed by atoms with van der Waals surface area (Å²) in [6, 6.07) is 12.9. The lowest BCUT2D eigenvalue weighted by Gasteiger charge is -2.14. The molecule has 3 rings (SSSR count). The Kier molecular flexibility index (Phi) is 7.28. The van der Waals surface area contributed by atoms with Crippen LogP contribution in [0.15, 0.2) is 53.5 Å². The quantitative estimate of drug-likeness (QED) is 0.259. The number of aliphatic hydroxyl groups excluding tert-OH is 1. The Bertz CT molecular complexity index is 1260. The minimum Gasteiger partial charge on any atom is -0.395 e. The summed E-state index contributed by atoms with van der Waals surface area (Å²) in [6.07, 6.45) is 1.42. The number of fused-ring (bicyclic) bond motifs is 1. The lowest BCUT2D eigenvalue weighted by Crippen LogP contribution is -2.35. The molecule has 0 spiro atoms. The second kappa shape index (κ2) is 10.3. The largest absolute Gasteiger partial charge is 0.395 e. The molecular weight excluding hydrogens is 414 g/mol. The minimum atomic E-state index is -0.605. The third-order valence-corrected chi connectivity index (χ3v) is 4.80. The minimum absolute atomic E-state index is 0.0326. The molecule has 0 aliphatic rings. The first-order valence-electron chi connectivity index (χ1n) is 9.85. The average Bonchev–Trinajstić information content (AvgIpc) is 2.80. The topological polar surface area (TPSA) is 150 Å². The Hall–Kier alpha value is -4.07. The summed E-state index contributed by atoms with van der Waals surface area (Å²) in [4.78, 5) is 36.3. The van der Waals surface area contributed by atoms with E-state index in [2.05, 4.69) is 16.7 Å². The highest BCUT2D eigenvalue weighted by atomic mass is 16.6. The number of amides is 1. The Morgan fingerprint density at radius 2 is 2.00 bits per heavy atom. The van der Waals surface area contributed by atoms with Crippen LogP contribution < -0.4 is 16.1 Å². The van der Waals surface area contributed by atoms with Gasteiger partial charge in [0, 0.05) is 44.5 Å². The van der Waals surface area contributed by atoms with Gasteiger partial charge in [0.1, 0.15) is 5.56 Å². The van der Waals surface area contributed by atoms with Crippen molar-refractivity contribution in [3.8, 4) is 6.07 Å². The molecule has 10 heteroatoms. The molecule has 1 aromatic heterocycles. The van der Waals surface area contributed by atoms with Gasteiger partial charge in [0.05, 0.1) is 34.1 Å². The van der Waals surface area contributed by atoms with Crippen molar-refractivity contribution in [3.63, 3.8) is 0 Å². The number of hydrogen-bond acceptors (Lipinski definition) is 7. The first kappa shape index (κ1) is 22.6. The number of nitrogens with one attached hydrogen (secondary N) is 2. The lowest BCUT2D eigenvalue weighted by atomic mass is 10.1. The van der Waals surface area contributed by atoms with Crippen LogP contribution in [0.1, 0.15) is 21.5 Å². The van der Waals surface area contributed by atoms with E-state index in [-0.39, 0.29) is 36.3 Å². The predicted octanol–water partition coefficient (Wildman–Crippen LogP) is 1.14. The number of nitriles is 1. The van der Waals surface area contributed by atoms with Crippen LogP contribution in [0.5, 0.6) is 0 Å².